The molecule has 2 unspecified atom stereocenters. The second-order valence-electron chi connectivity index (χ2n) is 5.29. The third-order valence-corrected chi connectivity index (χ3v) is 3.90. The third kappa shape index (κ3) is 2.90. The molecule has 0 aromatic carbocycles. The maximum Gasteiger partial charge on any atom is 0.226 e. The minimum atomic E-state index is 0.343. The largest absolute Gasteiger partial charge is 0.381 e. The summed E-state index contributed by atoms with van der Waals surface area (Å²) < 4.78 is 10.7. The number of piperidine rings is 1. The van der Waals surface area contributed by atoms with E-state index in [0.717, 1.165) is 50.7 Å². The zero-order chi connectivity index (χ0) is 12.2. The Hall–Kier alpha value is -0.940. The van der Waals surface area contributed by atoms with E-state index in [1.54, 1.807) is 0 Å². The summed E-state index contributed by atoms with van der Waals surface area (Å²) in [6.07, 6.45) is 6.93. The fraction of sp³-hybridized carbons (Fsp3) is 0.846. The van der Waals surface area contributed by atoms with Crippen LogP contribution in [0.1, 0.15) is 49.7 Å². The molecule has 1 aromatic heterocycles. The smallest absolute Gasteiger partial charge is 0.226 e. The van der Waals surface area contributed by atoms with E-state index in [9.17, 15) is 0 Å². The van der Waals surface area contributed by atoms with Crippen molar-refractivity contribution >= 4 is 0 Å². The van der Waals surface area contributed by atoms with Crippen LogP contribution in [0.25, 0.3) is 0 Å². The Morgan fingerprint density at radius 2 is 2.28 bits per heavy atom. The van der Waals surface area contributed by atoms with E-state index < -0.39 is 0 Å². The first-order valence-corrected chi connectivity index (χ1v) is 7.05. The summed E-state index contributed by atoms with van der Waals surface area (Å²) in [5, 5.41) is 7.62. The second kappa shape index (κ2) is 5.80. The first-order chi connectivity index (χ1) is 8.92. The van der Waals surface area contributed by atoms with Gasteiger partial charge in [0.25, 0.3) is 0 Å². The number of aromatic nitrogens is 2. The molecule has 0 bridgehead atoms. The highest BCUT2D eigenvalue weighted by molar-refractivity contribution is 4.97. The fourth-order valence-electron chi connectivity index (χ4n) is 2.74. The molecule has 2 fully saturated rings. The molecule has 1 N–H and O–H groups in total. The number of aryl methyl sites for hydroxylation is 1. The first kappa shape index (κ1) is 12.1. The molecule has 0 amide bonds. The highest BCUT2D eigenvalue weighted by Gasteiger charge is 2.23. The lowest BCUT2D eigenvalue weighted by atomic mass is 10.0. The Morgan fingerprint density at radius 1 is 1.28 bits per heavy atom. The van der Waals surface area contributed by atoms with Crippen LogP contribution in [0.4, 0.5) is 0 Å². The van der Waals surface area contributed by atoms with Crippen molar-refractivity contribution in [3.8, 4) is 0 Å². The summed E-state index contributed by atoms with van der Waals surface area (Å²) >= 11 is 0. The molecule has 18 heavy (non-hydrogen) atoms. The van der Waals surface area contributed by atoms with Crippen molar-refractivity contribution < 1.29 is 9.26 Å². The number of ether oxygens (including phenoxy) is 1. The molecule has 5 heteroatoms. The van der Waals surface area contributed by atoms with E-state index in [1.807, 2.05) is 0 Å². The van der Waals surface area contributed by atoms with Gasteiger partial charge in [0.2, 0.25) is 5.89 Å². The minimum Gasteiger partial charge on any atom is -0.381 e. The molecule has 100 valence electrons. The zero-order valence-electron chi connectivity index (χ0n) is 10.7. The van der Waals surface area contributed by atoms with E-state index >= 15 is 0 Å². The van der Waals surface area contributed by atoms with Crippen LogP contribution >= 0.6 is 0 Å². The molecule has 3 heterocycles. The average molecular weight is 251 g/mol. The van der Waals surface area contributed by atoms with E-state index in [1.165, 1.54) is 19.3 Å². The standard InChI is InChI=1S/C13H21N3O2/c1-2-7-14-11(3-1)4-5-12-15-13(16-18-12)10-6-8-17-9-10/h10-11,14H,1-9H2. The summed E-state index contributed by atoms with van der Waals surface area (Å²) in [7, 11) is 0. The van der Waals surface area contributed by atoms with Gasteiger partial charge in [-0.2, -0.15) is 4.98 Å². The lowest BCUT2D eigenvalue weighted by molar-refractivity contribution is 0.192. The van der Waals surface area contributed by atoms with Crippen LogP contribution in [0.3, 0.4) is 0 Å². The summed E-state index contributed by atoms with van der Waals surface area (Å²) in [6.45, 7) is 2.71. The summed E-state index contributed by atoms with van der Waals surface area (Å²) in [5.41, 5.74) is 0. The topological polar surface area (TPSA) is 60.2 Å². The van der Waals surface area contributed by atoms with Crippen LogP contribution in [0, 0.1) is 0 Å². The van der Waals surface area contributed by atoms with Crippen LogP contribution in [-0.4, -0.2) is 35.9 Å². The molecular weight excluding hydrogens is 230 g/mol. The number of hydrogen-bond acceptors (Lipinski definition) is 5. The van der Waals surface area contributed by atoms with Gasteiger partial charge in [-0.3, -0.25) is 0 Å². The summed E-state index contributed by atoms with van der Waals surface area (Å²) in [6, 6.07) is 0.629. The van der Waals surface area contributed by atoms with Gasteiger partial charge in [0, 0.05) is 25.0 Å². The van der Waals surface area contributed by atoms with E-state index in [-0.39, 0.29) is 0 Å². The molecule has 1 aromatic rings. The lowest BCUT2D eigenvalue weighted by Gasteiger charge is -2.22. The first-order valence-electron chi connectivity index (χ1n) is 7.05. The number of hydrogen-bond donors (Lipinski definition) is 1. The quantitative estimate of drug-likeness (QED) is 0.881. The van der Waals surface area contributed by atoms with Crippen molar-refractivity contribution in [2.45, 2.75) is 50.5 Å². The number of nitrogens with one attached hydrogen (secondary N) is 1. The molecule has 0 spiro atoms. The van der Waals surface area contributed by atoms with Gasteiger partial charge < -0.3 is 14.6 Å². The van der Waals surface area contributed by atoms with Crippen molar-refractivity contribution in [2.24, 2.45) is 0 Å². The van der Waals surface area contributed by atoms with Gasteiger partial charge in [0.05, 0.1) is 6.61 Å². The van der Waals surface area contributed by atoms with Gasteiger partial charge in [0.15, 0.2) is 5.82 Å². The van der Waals surface area contributed by atoms with Gasteiger partial charge >= 0.3 is 0 Å². The zero-order valence-corrected chi connectivity index (χ0v) is 10.7. The molecule has 3 rings (SSSR count). The lowest BCUT2D eigenvalue weighted by Crippen LogP contribution is -2.34. The van der Waals surface area contributed by atoms with E-state index in [0.29, 0.717) is 12.0 Å². The highest BCUT2D eigenvalue weighted by Crippen LogP contribution is 2.22. The number of rotatable bonds is 4. The molecule has 2 aliphatic rings. The monoisotopic (exact) mass is 251 g/mol. The van der Waals surface area contributed by atoms with Crippen LogP contribution in [0.5, 0.6) is 0 Å². The van der Waals surface area contributed by atoms with Gasteiger partial charge in [-0.1, -0.05) is 11.6 Å². The maximum absolute atomic E-state index is 5.34. The third-order valence-electron chi connectivity index (χ3n) is 3.90. The minimum absolute atomic E-state index is 0.343. The Bertz CT molecular complexity index is 368. The normalized spacial score (nSPS) is 28.7. The Balaban J connectivity index is 1.50. The Morgan fingerprint density at radius 3 is 3.06 bits per heavy atom. The average Bonchev–Trinajstić information content (AvgIpc) is 3.08. The van der Waals surface area contributed by atoms with Gasteiger partial charge in [-0.15, -0.1) is 0 Å². The predicted molar refractivity (Wildman–Crippen MR) is 66.4 cm³/mol. The highest BCUT2D eigenvalue weighted by atomic mass is 16.5. The molecule has 0 radical (unpaired) electrons. The van der Waals surface area contributed by atoms with E-state index in [2.05, 4.69) is 15.5 Å². The van der Waals surface area contributed by atoms with Crippen LogP contribution in [0.15, 0.2) is 4.52 Å². The Kier molecular flexibility index (Phi) is 3.90. The van der Waals surface area contributed by atoms with Gasteiger partial charge in [-0.25, -0.2) is 0 Å². The van der Waals surface area contributed by atoms with Crippen molar-refractivity contribution in [2.75, 3.05) is 19.8 Å². The molecule has 2 aliphatic heterocycles. The van der Waals surface area contributed by atoms with Crippen LogP contribution in [-0.2, 0) is 11.2 Å². The maximum atomic E-state index is 5.34. The summed E-state index contributed by atoms with van der Waals surface area (Å²) in [4.78, 5) is 4.49. The van der Waals surface area contributed by atoms with Crippen molar-refractivity contribution in [3.63, 3.8) is 0 Å². The summed E-state index contributed by atoms with van der Waals surface area (Å²) in [5.74, 6) is 1.96. The predicted octanol–water partition coefficient (Wildman–Crippen LogP) is 1.65. The second-order valence-corrected chi connectivity index (χ2v) is 5.29. The molecule has 0 aliphatic carbocycles. The van der Waals surface area contributed by atoms with Gasteiger partial charge in [-0.05, 0) is 32.2 Å². The van der Waals surface area contributed by atoms with E-state index in [4.69, 9.17) is 9.26 Å². The SMILES string of the molecule is C1CCC(CCc2nc(C3CCOC3)no2)NC1. The molecule has 2 saturated heterocycles. The van der Waals surface area contributed by atoms with Gasteiger partial charge in [0.1, 0.15) is 0 Å². The van der Waals surface area contributed by atoms with Crippen molar-refractivity contribution in [1.82, 2.24) is 15.5 Å². The van der Waals surface area contributed by atoms with Crippen molar-refractivity contribution in [1.29, 1.82) is 0 Å². The Labute approximate surface area is 107 Å². The van der Waals surface area contributed by atoms with Crippen LogP contribution < -0.4 is 5.32 Å². The molecular formula is C13H21N3O2. The fourth-order valence-corrected chi connectivity index (χ4v) is 2.74. The van der Waals surface area contributed by atoms with Crippen molar-refractivity contribution in [3.05, 3.63) is 11.7 Å². The number of nitrogens with zero attached hydrogens (tertiary/aromatic N) is 2. The molecule has 5 nitrogen and oxygen atoms in total. The molecule has 0 saturated carbocycles. The molecule has 2 atom stereocenters. The van der Waals surface area contributed by atoms with Crippen LogP contribution in [0.2, 0.25) is 0 Å².